The number of rotatable bonds is 6. The van der Waals surface area contributed by atoms with Crippen molar-refractivity contribution in [1.29, 1.82) is 0 Å². The SMILES string of the molecule is CC[C@H](C)Oc1ccc(Br)cc1C=Nn1c(C(C)C)nc2ccc(Br)cc2c1=O. The number of nitrogens with zero attached hydrogens (tertiary/aromatic N) is 3. The highest BCUT2D eigenvalue weighted by Crippen LogP contribution is 2.24. The molecule has 0 N–H and O–H groups in total. The van der Waals surface area contributed by atoms with Gasteiger partial charge in [0.1, 0.15) is 11.6 Å². The lowest BCUT2D eigenvalue weighted by Gasteiger charge is -2.15. The minimum absolute atomic E-state index is 0.0336. The van der Waals surface area contributed by atoms with Gasteiger partial charge >= 0.3 is 0 Å². The van der Waals surface area contributed by atoms with Gasteiger partial charge in [-0.05, 0) is 49.7 Å². The predicted octanol–water partition coefficient (Wildman–Crippen LogP) is 6.10. The second-order valence-electron chi connectivity index (χ2n) is 7.17. The zero-order valence-corrected chi connectivity index (χ0v) is 20.0. The van der Waals surface area contributed by atoms with Crippen LogP contribution in [0.3, 0.4) is 0 Å². The summed E-state index contributed by atoms with van der Waals surface area (Å²) in [6, 6.07) is 11.2. The van der Waals surface area contributed by atoms with Crippen LogP contribution >= 0.6 is 31.9 Å². The van der Waals surface area contributed by atoms with Gasteiger partial charge in [0.15, 0.2) is 0 Å². The summed E-state index contributed by atoms with van der Waals surface area (Å²) in [6.07, 6.45) is 2.63. The number of hydrogen-bond donors (Lipinski definition) is 0. The van der Waals surface area contributed by atoms with E-state index in [9.17, 15) is 4.79 Å². The first-order chi connectivity index (χ1) is 13.8. The molecule has 1 aromatic heterocycles. The zero-order chi connectivity index (χ0) is 21.1. The minimum atomic E-state index is -0.198. The predicted molar refractivity (Wildman–Crippen MR) is 125 cm³/mol. The third-order valence-corrected chi connectivity index (χ3v) is 5.52. The first-order valence-electron chi connectivity index (χ1n) is 9.53. The highest BCUT2D eigenvalue weighted by Gasteiger charge is 2.14. The number of fused-ring (bicyclic) bond motifs is 1. The average Bonchev–Trinajstić information content (AvgIpc) is 2.69. The maximum absolute atomic E-state index is 13.2. The molecule has 29 heavy (non-hydrogen) atoms. The summed E-state index contributed by atoms with van der Waals surface area (Å²) in [6.45, 7) is 8.09. The van der Waals surface area contributed by atoms with Gasteiger partial charge in [-0.3, -0.25) is 4.79 Å². The van der Waals surface area contributed by atoms with Gasteiger partial charge in [-0.15, -0.1) is 0 Å². The average molecular weight is 521 g/mol. The van der Waals surface area contributed by atoms with Crippen LogP contribution in [0.1, 0.15) is 51.4 Å². The molecule has 0 aliphatic rings. The lowest BCUT2D eigenvalue weighted by Crippen LogP contribution is -2.23. The van der Waals surface area contributed by atoms with Crippen LogP contribution in [0.4, 0.5) is 0 Å². The Bertz CT molecular complexity index is 1120. The van der Waals surface area contributed by atoms with E-state index in [1.54, 1.807) is 12.3 Å². The molecular formula is C22H23Br2N3O2. The molecule has 0 fully saturated rings. The lowest BCUT2D eigenvalue weighted by atomic mass is 10.2. The number of aromatic nitrogens is 2. The van der Waals surface area contributed by atoms with E-state index in [0.29, 0.717) is 16.7 Å². The first kappa shape index (κ1) is 21.7. The lowest BCUT2D eigenvalue weighted by molar-refractivity contribution is 0.217. The summed E-state index contributed by atoms with van der Waals surface area (Å²) in [7, 11) is 0. The third-order valence-electron chi connectivity index (χ3n) is 4.54. The molecule has 1 heterocycles. The summed E-state index contributed by atoms with van der Waals surface area (Å²) in [4.78, 5) is 17.8. The quantitative estimate of drug-likeness (QED) is 0.369. The Morgan fingerprint density at radius 1 is 1.14 bits per heavy atom. The van der Waals surface area contributed by atoms with Gasteiger partial charge in [0.25, 0.3) is 5.56 Å². The van der Waals surface area contributed by atoms with Crippen molar-refractivity contribution in [3.8, 4) is 5.75 Å². The second kappa shape index (κ2) is 9.22. The van der Waals surface area contributed by atoms with Gasteiger partial charge in [0.05, 0.1) is 23.2 Å². The molecule has 0 saturated carbocycles. The molecule has 1 atom stereocenters. The van der Waals surface area contributed by atoms with Crippen LogP contribution in [0.15, 0.2) is 55.2 Å². The van der Waals surface area contributed by atoms with Crippen LogP contribution in [0.2, 0.25) is 0 Å². The normalized spacial score (nSPS) is 12.8. The van der Waals surface area contributed by atoms with Crippen LogP contribution in [-0.4, -0.2) is 22.0 Å². The summed E-state index contributed by atoms with van der Waals surface area (Å²) in [5.41, 5.74) is 1.25. The van der Waals surface area contributed by atoms with Crippen LogP contribution in [0.5, 0.6) is 5.75 Å². The number of hydrogen-bond acceptors (Lipinski definition) is 4. The Morgan fingerprint density at radius 2 is 1.83 bits per heavy atom. The van der Waals surface area contributed by atoms with Crippen molar-refractivity contribution >= 4 is 49.0 Å². The van der Waals surface area contributed by atoms with Gasteiger partial charge in [0.2, 0.25) is 0 Å². The Balaban J connectivity index is 2.14. The Kier molecular flexibility index (Phi) is 6.90. The van der Waals surface area contributed by atoms with Gasteiger partial charge < -0.3 is 4.74 Å². The number of ether oxygens (including phenoxy) is 1. The zero-order valence-electron chi connectivity index (χ0n) is 16.8. The molecule has 0 bridgehead atoms. The van der Waals surface area contributed by atoms with Gasteiger partial charge in [0, 0.05) is 20.4 Å². The van der Waals surface area contributed by atoms with E-state index in [1.807, 2.05) is 51.1 Å². The van der Waals surface area contributed by atoms with E-state index >= 15 is 0 Å². The highest BCUT2D eigenvalue weighted by molar-refractivity contribution is 9.10. The fraction of sp³-hybridized carbons (Fsp3) is 0.318. The van der Waals surface area contributed by atoms with Crippen LogP contribution in [0, 0.1) is 0 Å². The van der Waals surface area contributed by atoms with Crippen molar-refractivity contribution in [2.75, 3.05) is 0 Å². The first-order valence-corrected chi connectivity index (χ1v) is 11.1. The Hall–Kier alpha value is -1.99. The molecule has 7 heteroatoms. The van der Waals surface area contributed by atoms with Crippen molar-refractivity contribution in [2.24, 2.45) is 5.10 Å². The molecule has 5 nitrogen and oxygen atoms in total. The molecule has 152 valence electrons. The summed E-state index contributed by atoms with van der Waals surface area (Å²) >= 11 is 6.92. The van der Waals surface area contributed by atoms with E-state index in [4.69, 9.17) is 4.74 Å². The molecule has 0 aliphatic carbocycles. The van der Waals surface area contributed by atoms with E-state index in [1.165, 1.54) is 4.68 Å². The molecule has 0 radical (unpaired) electrons. The van der Waals surface area contributed by atoms with Crippen molar-refractivity contribution in [2.45, 2.75) is 46.1 Å². The van der Waals surface area contributed by atoms with Crippen molar-refractivity contribution < 1.29 is 4.74 Å². The summed E-state index contributed by atoms with van der Waals surface area (Å²) in [5.74, 6) is 1.37. The maximum Gasteiger partial charge on any atom is 0.282 e. The van der Waals surface area contributed by atoms with Crippen molar-refractivity contribution in [1.82, 2.24) is 9.66 Å². The Labute approximate surface area is 187 Å². The minimum Gasteiger partial charge on any atom is -0.490 e. The van der Waals surface area contributed by atoms with Crippen LogP contribution in [0.25, 0.3) is 10.9 Å². The monoisotopic (exact) mass is 519 g/mol. The van der Waals surface area contributed by atoms with Gasteiger partial charge in [-0.25, -0.2) is 4.98 Å². The van der Waals surface area contributed by atoms with Crippen molar-refractivity contribution in [3.05, 3.63) is 67.1 Å². The molecule has 0 saturated heterocycles. The molecule has 3 aromatic rings. The van der Waals surface area contributed by atoms with Gasteiger partial charge in [-0.1, -0.05) is 52.6 Å². The molecule has 2 aromatic carbocycles. The van der Waals surface area contributed by atoms with E-state index in [-0.39, 0.29) is 17.6 Å². The topological polar surface area (TPSA) is 56.5 Å². The molecule has 0 aliphatic heterocycles. The summed E-state index contributed by atoms with van der Waals surface area (Å²) < 4.78 is 9.13. The largest absolute Gasteiger partial charge is 0.490 e. The second-order valence-corrected chi connectivity index (χ2v) is 9.00. The van der Waals surface area contributed by atoms with E-state index < -0.39 is 0 Å². The third kappa shape index (κ3) is 4.95. The number of benzene rings is 2. The maximum atomic E-state index is 13.2. The Morgan fingerprint density at radius 3 is 2.52 bits per heavy atom. The van der Waals surface area contributed by atoms with E-state index in [2.05, 4.69) is 48.9 Å². The summed E-state index contributed by atoms with van der Waals surface area (Å²) in [5, 5.41) is 5.03. The molecule has 0 spiro atoms. The molecular weight excluding hydrogens is 498 g/mol. The molecule has 0 amide bonds. The van der Waals surface area contributed by atoms with Crippen LogP contribution in [-0.2, 0) is 0 Å². The van der Waals surface area contributed by atoms with Gasteiger partial charge in [-0.2, -0.15) is 9.78 Å². The smallest absolute Gasteiger partial charge is 0.282 e. The fourth-order valence-corrected chi connectivity index (χ4v) is 3.54. The van der Waals surface area contributed by atoms with Crippen LogP contribution < -0.4 is 10.3 Å². The van der Waals surface area contributed by atoms with E-state index in [0.717, 1.165) is 26.7 Å². The molecule has 3 rings (SSSR count). The standard InChI is InChI=1S/C22H23Br2N3O2/c1-5-14(4)29-20-9-7-16(23)10-15(20)12-25-27-21(13(2)3)26-19-8-6-17(24)11-18(19)22(27)28/h6-14H,5H2,1-4H3/t14-/m0/s1. The van der Waals surface area contributed by atoms with Crippen molar-refractivity contribution in [3.63, 3.8) is 0 Å². The number of halogens is 2. The fourth-order valence-electron chi connectivity index (χ4n) is 2.80. The highest BCUT2D eigenvalue weighted by atomic mass is 79.9. The molecule has 0 unspecified atom stereocenters.